The fourth-order valence-electron chi connectivity index (χ4n) is 2.82. The zero-order valence-electron chi connectivity index (χ0n) is 11.4. The van der Waals surface area contributed by atoms with Gasteiger partial charge in [0.15, 0.2) is 0 Å². The molecule has 104 valence electrons. The molecule has 1 aliphatic heterocycles. The highest BCUT2D eigenvalue weighted by Gasteiger charge is 2.20. The quantitative estimate of drug-likeness (QED) is 0.801. The first-order valence-corrected chi connectivity index (χ1v) is 7.38. The number of hydrogen-bond acceptors (Lipinski definition) is 3. The Balaban J connectivity index is 1.59. The topological polar surface area (TPSA) is 50.4 Å². The summed E-state index contributed by atoms with van der Waals surface area (Å²) in [6, 6.07) is 0.972. The van der Waals surface area contributed by atoms with Crippen molar-refractivity contribution in [3.63, 3.8) is 0 Å². The second-order valence-corrected chi connectivity index (χ2v) is 5.72. The third kappa shape index (κ3) is 4.58. The molecule has 2 N–H and O–H groups in total. The van der Waals surface area contributed by atoms with Crippen LogP contribution in [0.4, 0.5) is 0 Å². The maximum atomic E-state index is 11.8. The minimum absolute atomic E-state index is 0.0560. The first-order valence-electron chi connectivity index (χ1n) is 7.38. The Kier molecular flexibility index (Phi) is 5.45. The molecular weight excluding hydrogens is 228 g/mol. The van der Waals surface area contributed by atoms with E-state index in [0.717, 1.165) is 32.2 Å². The van der Waals surface area contributed by atoms with E-state index in [4.69, 9.17) is 4.74 Å². The van der Waals surface area contributed by atoms with Crippen molar-refractivity contribution < 1.29 is 9.53 Å². The van der Waals surface area contributed by atoms with Crippen LogP contribution in [-0.2, 0) is 9.53 Å². The van der Waals surface area contributed by atoms with Crippen LogP contribution in [-0.4, -0.2) is 37.2 Å². The van der Waals surface area contributed by atoms with Crippen LogP contribution >= 0.6 is 0 Å². The molecule has 1 aliphatic carbocycles. The first kappa shape index (κ1) is 13.8. The number of amides is 1. The van der Waals surface area contributed by atoms with Gasteiger partial charge in [-0.1, -0.05) is 19.3 Å². The molecule has 18 heavy (non-hydrogen) atoms. The average Bonchev–Trinajstić information content (AvgIpc) is 2.39. The van der Waals surface area contributed by atoms with Gasteiger partial charge in [0.05, 0.1) is 6.10 Å². The Hall–Kier alpha value is -0.610. The predicted molar refractivity (Wildman–Crippen MR) is 71.5 cm³/mol. The lowest BCUT2D eigenvalue weighted by molar-refractivity contribution is -0.129. The molecule has 0 spiro atoms. The Morgan fingerprint density at radius 3 is 2.67 bits per heavy atom. The Labute approximate surface area is 110 Å². The van der Waals surface area contributed by atoms with Crippen LogP contribution in [0.3, 0.4) is 0 Å². The zero-order valence-corrected chi connectivity index (χ0v) is 11.4. The van der Waals surface area contributed by atoms with Crippen molar-refractivity contribution in [1.82, 2.24) is 10.6 Å². The lowest BCUT2D eigenvalue weighted by Crippen LogP contribution is -2.43. The number of hydrogen-bond donors (Lipinski definition) is 2. The molecule has 2 unspecified atom stereocenters. The summed E-state index contributed by atoms with van der Waals surface area (Å²) in [6.45, 7) is 3.28. The lowest BCUT2D eigenvalue weighted by Gasteiger charge is -2.28. The highest BCUT2D eigenvalue weighted by atomic mass is 16.5. The van der Waals surface area contributed by atoms with Gasteiger partial charge in [0.1, 0.15) is 6.61 Å². The number of rotatable bonds is 4. The Morgan fingerprint density at radius 1 is 1.22 bits per heavy atom. The smallest absolute Gasteiger partial charge is 0.246 e. The maximum absolute atomic E-state index is 11.8. The fourth-order valence-corrected chi connectivity index (χ4v) is 2.82. The van der Waals surface area contributed by atoms with Crippen molar-refractivity contribution in [3.05, 3.63) is 0 Å². The van der Waals surface area contributed by atoms with Gasteiger partial charge in [0, 0.05) is 18.6 Å². The van der Waals surface area contributed by atoms with Gasteiger partial charge in [-0.3, -0.25) is 4.79 Å². The van der Waals surface area contributed by atoms with E-state index in [1.165, 1.54) is 19.3 Å². The van der Waals surface area contributed by atoms with E-state index in [1.807, 2.05) is 0 Å². The predicted octanol–water partition coefficient (Wildman–Crippen LogP) is 1.59. The fraction of sp³-hybridized carbons (Fsp3) is 0.929. The summed E-state index contributed by atoms with van der Waals surface area (Å²) >= 11 is 0. The lowest BCUT2D eigenvalue weighted by atomic mass is 9.95. The number of carbonyl (C=O) groups is 1. The molecule has 1 heterocycles. The van der Waals surface area contributed by atoms with Crippen LogP contribution < -0.4 is 10.6 Å². The van der Waals surface area contributed by atoms with Gasteiger partial charge < -0.3 is 15.4 Å². The second-order valence-electron chi connectivity index (χ2n) is 5.72. The molecule has 4 nitrogen and oxygen atoms in total. The van der Waals surface area contributed by atoms with E-state index in [2.05, 4.69) is 17.6 Å². The summed E-state index contributed by atoms with van der Waals surface area (Å²) in [6.07, 6.45) is 8.47. The Morgan fingerprint density at radius 2 is 2.00 bits per heavy atom. The minimum Gasteiger partial charge on any atom is -0.367 e. The molecule has 0 aromatic carbocycles. The Bertz CT molecular complexity index is 257. The highest BCUT2D eigenvalue weighted by Crippen LogP contribution is 2.17. The molecule has 0 aromatic rings. The molecule has 0 aromatic heterocycles. The molecule has 2 fully saturated rings. The van der Waals surface area contributed by atoms with Crippen LogP contribution in [0.15, 0.2) is 0 Å². The highest BCUT2D eigenvalue weighted by molar-refractivity contribution is 5.77. The summed E-state index contributed by atoms with van der Waals surface area (Å²) in [5.41, 5.74) is 0. The van der Waals surface area contributed by atoms with E-state index >= 15 is 0 Å². The maximum Gasteiger partial charge on any atom is 0.246 e. The van der Waals surface area contributed by atoms with E-state index in [0.29, 0.717) is 12.1 Å². The summed E-state index contributed by atoms with van der Waals surface area (Å²) in [4.78, 5) is 11.8. The molecule has 0 radical (unpaired) electrons. The van der Waals surface area contributed by atoms with Gasteiger partial charge in [0.2, 0.25) is 5.91 Å². The van der Waals surface area contributed by atoms with Gasteiger partial charge in [-0.2, -0.15) is 0 Å². The second kappa shape index (κ2) is 7.10. The van der Waals surface area contributed by atoms with Crippen LogP contribution in [0.5, 0.6) is 0 Å². The third-order valence-electron chi connectivity index (χ3n) is 4.04. The van der Waals surface area contributed by atoms with Crippen molar-refractivity contribution in [2.24, 2.45) is 0 Å². The van der Waals surface area contributed by atoms with Crippen LogP contribution in [0.1, 0.15) is 51.9 Å². The minimum atomic E-state index is 0.0560. The van der Waals surface area contributed by atoms with Crippen molar-refractivity contribution in [1.29, 1.82) is 0 Å². The van der Waals surface area contributed by atoms with E-state index in [-0.39, 0.29) is 18.6 Å². The number of piperidine rings is 1. The van der Waals surface area contributed by atoms with Gasteiger partial charge in [-0.05, 0) is 32.6 Å². The number of nitrogens with one attached hydrogen (secondary N) is 2. The molecule has 0 bridgehead atoms. The van der Waals surface area contributed by atoms with Crippen LogP contribution in [0.25, 0.3) is 0 Å². The molecule has 2 aliphatic rings. The average molecular weight is 254 g/mol. The van der Waals surface area contributed by atoms with E-state index in [9.17, 15) is 4.79 Å². The van der Waals surface area contributed by atoms with Gasteiger partial charge in [-0.15, -0.1) is 0 Å². The normalized spacial score (nSPS) is 30.1. The molecule has 4 heteroatoms. The molecular formula is C14H26N2O2. The van der Waals surface area contributed by atoms with Gasteiger partial charge >= 0.3 is 0 Å². The van der Waals surface area contributed by atoms with Crippen molar-refractivity contribution in [2.45, 2.75) is 70.1 Å². The SMILES string of the molecule is CC1CCC(OCC(=O)NC2CCCCC2)CN1. The van der Waals surface area contributed by atoms with Crippen molar-refractivity contribution >= 4 is 5.91 Å². The number of carbonyl (C=O) groups excluding carboxylic acids is 1. The summed E-state index contributed by atoms with van der Waals surface area (Å²) < 4.78 is 5.66. The van der Waals surface area contributed by atoms with Gasteiger partial charge in [-0.25, -0.2) is 0 Å². The molecule has 1 saturated carbocycles. The van der Waals surface area contributed by atoms with Crippen molar-refractivity contribution in [2.75, 3.05) is 13.2 Å². The van der Waals surface area contributed by atoms with Crippen LogP contribution in [0.2, 0.25) is 0 Å². The van der Waals surface area contributed by atoms with Crippen molar-refractivity contribution in [3.8, 4) is 0 Å². The van der Waals surface area contributed by atoms with E-state index in [1.54, 1.807) is 0 Å². The zero-order chi connectivity index (χ0) is 12.8. The summed E-state index contributed by atoms with van der Waals surface area (Å²) in [7, 11) is 0. The molecule has 2 rings (SSSR count). The first-order chi connectivity index (χ1) is 8.74. The molecule has 2 atom stereocenters. The number of ether oxygens (including phenoxy) is 1. The summed E-state index contributed by atoms with van der Waals surface area (Å²) in [5.74, 6) is 0.0560. The monoisotopic (exact) mass is 254 g/mol. The van der Waals surface area contributed by atoms with E-state index < -0.39 is 0 Å². The largest absolute Gasteiger partial charge is 0.367 e. The van der Waals surface area contributed by atoms with Crippen LogP contribution in [0, 0.1) is 0 Å². The molecule has 1 saturated heterocycles. The molecule has 1 amide bonds. The van der Waals surface area contributed by atoms with Gasteiger partial charge in [0.25, 0.3) is 0 Å². The summed E-state index contributed by atoms with van der Waals surface area (Å²) in [5, 5.41) is 6.46. The standard InChI is InChI=1S/C14H26N2O2/c1-11-7-8-13(9-15-11)18-10-14(17)16-12-5-3-2-4-6-12/h11-13,15H,2-10H2,1H3,(H,16,17). The third-order valence-corrected chi connectivity index (χ3v) is 4.04.